The minimum absolute atomic E-state index is 0.0596. The first-order chi connectivity index (χ1) is 14.8. The Balaban J connectivity index is 1.40. The number of hydrogen-bond acceptors (Lipinski definition) is 7. The Kier molecular flexibility index (Phi) is 5.28. The molecule has 2 aliphatic rings. The van der Waals surface area contributed by atoms with Crippen LogP contribution >= 0.6 is 0 Å². The zero-order valence-corrected chi connectivity index (χ0v) is 17.1. The second-order valence-corrected chi connectivity index (χ2v) is 7.58. The molecule has 2 N–H and O–H groups in total. The van der Waals surface area contributed by atoms with Crippen LogP contribution in [-0.4, -0.2) is 53.8 Å². The van der Waals surface area contributed by atoms with Gasteiger partial charge >= 0.3 is 6.03 Å². The first-order valence-corrected chi connectivity index (χ1v) is 9.74. The molecule has 31 heavy (non-hydrogen) atoms. The number of carbonyl (C=O) groups is 3. The minimum atomic E-state index is -1.29. The number of aliphatic hydroxyl groups is 1. The van der Waals surface area contributed by atoms with Crippen molar-refractivity contribution >= 4 is 17.7 Å². The normalized spacial score (nSPS) is 20.5. The molecule has 9 heteroatoms. The number of imide groups is 1. The quantitative estimate of drug-likeness (QED) is 0.513. The SMILES string of the molecule is CC(=O)c1ccc(OC[C@@H](O)CN2C(=O)N[C@@](C)(c3ccc4c(c3)OCO4)C2=O)cc1. The van der Waals surface area contributed by atoms with Crippen LogP contribution in [-0.2, 0) is 10.3 Å². The number of Topliss-reactive ketones (excluding diaryl/α,β-unsaturated/α-hetero) is 1. The van der Waals surface area contributed by atoms with E-state index in [1.807, 2.05) is 0 Å². The standard InChI is InChI=1S/C22H22N2O7/c1-13(25)14-3-6-17(7-4-14)29-11-16(26)10-24-20(27)22(2,23-21(24)28)15-5-8-18-19(9-15)31-12-30-18/h3-9,16,26H,10-12H2,1-2H3,(H,23,28)/t16-,22-/m0/s1. The zero-order chi connectivity index (χ0) is 22.2. The number of nitrogens with one attached hydrogen (secondary N) is 1. The van der Waals surface area contributed by atoms with Crippen LogP contribution in [0, 0.1) is 0 Å². The van der Waals surface area contributed by atoms with E-state index in [-0.39, 0.29) is 25.7 Å². The molecular weight excluding hydrogens is 404 g/mol. The fraction of sp³-hybridized carbons (Fsp3) is 0.318. The van der Waals surface area contributed by atoms with Gasteiger partial charge in [0.15, 0.2) is 17.3 Å². The van der Waals surface area contributed by atoms with E-state index in [2.05, 4.69) is 5.32 Å². The lowest BCUT2D eigenvalue weighted by Crippen LogP contribution is -2.42. The molecule has 4 rings (SSSR count). The summed E-state index contributed by atoms with van der Waals surface area (Å²) in [6.45, 7) is 2.82. The predicted molar refractivity (Wildman–Crippen MR) is 108 cm³/mol. The van der Waals surface area contributed by atoms with Crippen LogP contribution in [0.2, 0.25) is 0 Å². The number of fused-ring (bicyclic) bond motifs is 1. The summed E-state index contributed by atoms with van der Waals surface area (Å²) in [5.74, 6) is 0.997. The number of ketones is 1. The maximum absolute atomic E-state index is 13.0. The third-order valence-corrected chi connectivity index (χ3v) is 5.32. The summed E-state index contributed by atoms with van der Waals surface area (Å²) in [4.78, 5) is 37.8. The van der Waals surface area contributed by atoms with E-state index in [0.717, 1.165) is 4.90 Å². The largest absolute Gasteiger partial charge is 0.491 e. The van der Waals surface area contributed by atoms with Gasteiger partial charge in [0, 0.05) is 5.56 Å². The number of ether oxygens (including phenoxy) is 3. The number of aliphatic hydroxyl groups excluding tert-OH is 1. The van der Waals surface area contributed by atoms with Gasteiger partial charge in [0.25, 0.3) is 5.91 Å². The maximum atomic E-state index is 13.0. The number of hydrogen-bond donors (Lipinski definition) is 2. The van der Waals surface area contributed by atoms with Crippen LogP contribution in [0.5, 0.6) is 17.2 Å². The van der Waals surface area contributed by atoms with Gasteiger partial charge in [0.2, 0.25) is 6.79 Å². The molecule has 3 amide bonds. The molecule has 0 unspecified atom stereocenters. The first kappa shape index (κ1) is 20.7. The van der Waals surface area contributed by atoms with Crippen molar-refractivity contribution in [3.63, 3.8) is 0 Å². The Bertz CT molecular complexity index is 1040. The monoisotopic (exact) mass is 426 g/mol. The molecule has 1 fully saturated rings. The van der Waals surface area contributed by atoms with Crippen molar-refractivity contribution in [1.82, 2.24) is 10.2 Å². The molecule has 2 aromatic carbocycles. The van der Waals surface area contributed by atoms with E-state index in [1.54, 1.807) is 49.4 Å². The van der Waals surface area contributed by atoms with Crippen LogP contribution in [0.3, 0.4) is 0 Å². The lowest BCUT2D eigenvalue weighted by molar-refractivity contribution is -0.132. The van der Waals surface area contributed by atoms with Crippen LogP contribution in [0.25, 0.3) is 0 Å². The summed E-state index contributed by atoms with van der Waals surface area (Å²) in [6, 6.07) is 10.9. The lowest BCUT2D eigenvalue weighted by atomic mass is 9.91. The van der Waals surface area contributed by atoms with Gasteiger partial charge in [-0.1, -0.05) is 6.07 Å². The number of amides is 3. The summed E-state index contributed by atoms with van der Waals surface area (Å²) in [7, 11) is 0. The number of rotatable bonds is 7. The van der Waals surface area contributed by atoms with Gasteiger partial charge in [-0.3, -0.25) is 14.5 Å². The van der Waals surface area contributed by atoms with E-state index >= 15 is 0 Å². The van der Waals surface area contributed by atoms with Crippen LogP contribution in [0.15, 0.2) is 42.5 Å². The summed E-state index contributed by atoms with van der Waals surface area (Å²) in [5, 5.41) is 13.0. The molecule has 0 bridgehead atoms. The molecule has 0 radical (unpaired) electrons. The average Bonchev–Trinajstić information content (AvgIpc) is 3.31. The Morgan fingerprint density at radius 2 is 1.90 bits per heavy atom. The van der Waals surface area contributed by atoms with Gasteiger partial charge < -0.3 is 24.6 Å². The molecule has 2 aliphatic heterocycles. The molecule has 0 spiro atoms. The van der Waals surface area contributed by atoms with Crippen molar-refractivity contribution in [2.45, 2.75) is 25.5 Å². The fourth-order valence-corrected chi connectivity index (χ4v) is 3.51. The second kappa shape index (κ2) is 7.92. The third-order valence-electron chi connectivity index (χ3n) is 5.32. The van der Waals surface area contributed by atoms with Crippen molar-refractivity contribution in [2.75, 3.05) is 19.9 Å². The van der Waals surface area contributed by atoms with Gasteiger partial charge in [-0.05, 0) is 55.8 Å². The molecule has 0 aromatic heterocycles. The van der Waals surface area contributed by atoms with Gasteiger partial charge in [0.05, 0.1) is 6.54 Å². The Labute approximate surface area is 178 Å². The molecule has 9 nitrogen and oxygen atoms in total. The highest BCUT2D eigenvalue weighted by Gasteiger charge is 2.49. The van der Waals surface area contributed by atoms with Gasteiger partial charge in [-0.2, -0.15) is 0 Å². The van der Waals surface area contributed by atoms with E-state index in [9.17, 15) is 19.5 Å². The summed E-state index contributed by atoms with van der Waals surface area (Å²) >= 11 is 0. The predicted octanol–water partition coefficient (Wildman–Crippen LogP) is 1.82. The van der Waals surface area contributed by atoms with Crippen LogP contribution < -0.4 is 19.5 Å². The molecule has 2 aromatic rings. The first-order valence-electron chi connectivity index (χ1n) is 9.74. The highest BCUT2D eigenvalue weighted by Crippen LogP contribution is 2.37. The van der Waals surface area contributed by atoms with E-state index in [4.69, 9.17) is 14.2 Å². The number of benzene rings is 2. The number of urea groups is 1. The van der Waals surface area contributed by atoms with Gasteiger partial charge in [-0.15, -0.1) is 0 Å². The maximum Gasteiger partial charge on any atom is 0.325 e. The smallest absolute Gasteiger partial charge is 0.325 e. The zero-order valence-electron chi connectivity index (χ0n) is 17.1. The summed E-state index contributed by atoms with van der Waals surface area (Å²) < 4.78 is 16.1. The third kappa shape index (κ3) is 3.91. The van der Waals surface area contributed by atoms with Gasteiger partial charge in [0.1, 0.15) is 24.0 Å². The van der Waals surface area contributed by atoms with Crippen LogP contribution in [0.1, 0.15) is 29.8 Å². The van der Waals surface area contributed by atoms with Crippen molar-refractivity contribution < 1.29 is 33.7 Å². The topological polar surface area (TPSA) is 114 Å². The number of nitrogens with zero attached hydrogens (tertiary/aromatic N) is 1. The molecule has 0 aliphatic carbocycles. The van der Waals surface area contributed by atoms with E-state index in [0.29, 0.717) is 28.4 Å². The van der Waals surface area contributed by atoms with Crippen molar-refractivity contribution in [2.24, 2.45) is 0 Å². The second-order valence-electron chi connectivity index (χ2n) is 7.58. The van der Waals surface area contributed by atoms with E-state index < -0.39 is 23.6 Å². The lowest BCUT2D eigenvalue weighted by Gasteiger charge is -2.23. The van der Waals surface area contributed by atoms with Crippen LogP contribution in [0.4, 0.5) is 4.79 Å². The number of β-amino-alcohol motifs (C(OH)–C–C–N with tert-alkyl or cyclic N) is 1. The molecule has 1 saturated heterocycles. The Morgan fingerprint density at radius 1 is 1.19 bits per heavy atom. The van der Waals surface area contributed by atoms with Crippen molar-refractivity contribution in [1.29, 1.82) is 0 Å². The molecule has 2 heterocycles. The summed E-state index contributed by atoms with van der Waals surface area (Å²) in [6.07, 6.45) is -1.10. The van der Waals surface area contributed by atoms with Gasteiger partial charge in [-0.25, -0.2) is 4.79 Å². The van der Waals surface area contributed by atoms with E-state index in [1.165, 1.54) is 6.92 Å². The molecule has 162 valence electrons. The Hall–Kier alpha value is -3.59. The number of carbonyl (C=O) groups excluding carboxylic acids is 3. The molecule has 2 atom stereocenters. The highest BCUT2D eigenvalue weighted by molar-refractivity contribution is 6.07. The minimum Gasteiger partial charge on any atom is -0.491 e. The highest BCUT2D eigenvalue weighted by atomic mass is 16.7. The molecule has 0 saturated carbocycles. The van der Waals surface area contributed by atoms with Crippen molar-refractivity contribution in [3.8, 4) is 17.2 Å². The fourth-order valence-electron chi connectivity index (χ4n) is 3.51. The van der Waals surface area contributed by atoms with Crippen molar-refractivity contribution in [3.05, 3.63) is 53.6 Å². The Morgan fingerprint density at radius 3 is 2.61 bits per heavy atom. The summed E-state index contributed by atoms with van der Waals surface area (Å²) in [5.41, 5.74) is -0.190. The average molecular weight is 426 g/mol. The molecular formula is C22H22N2O7.